The number of hydrogen-bond acceptors (Lipinski definition) is 5. The maximum absolute atomic E-state index is 12.4. The number of benzene rings is 2. The number of aromatic hydroxyl groups is 1. The molecule has 25 heavy (non-hydrogen) atoms. The van der Waals surface area contributed by atoms with Gasteiger partial charge in [0.15, 0.2) is 0 Å². The smallest absolute Gasteiger partial charge is 0.305 e. The van der Waals surface area contributed by atoms with Crippen LogP contribution in [-0.4, -0.2) is 30.2 Å². The van der Waals surface area contributed by atoms with Crippen LogP contribution in [0.1, 0.15) is 30.1 Å². The molecule has 6 heteroatoms. The summed E-state index contributed by atoms with van der Waals surface area (Å²) in [5.41, 5.74) is 0.865. The van der Waals surface area contributed by atoms with Crippen LogP contribution in [0.3, 0.4) is 0 Å². The molecular formula is C19H21NO5. The Morgan fingerprint density at radius 2 is 1.92 bits per heavy atom. The molecule has 0 aliphatic rings. The molecule has 2 N–H and O–H groups in total. The third-order valence-corrected chi connectivity index (χ3v) is 3.32. The fourth-order valence-electron chi connectivity index (χ4n) is 2.19. The summed E-state index contributed by atoms with van der Waals surface area (Å²) in [6.45, 7) is 2.42. The van der Waals surface area contributed by atoms with E-state index in [2.05, 4.69) is 5.32 Å². The lowest BCUT2D eigenvalue weighted by Gasteiger charge is -2.12. The van der Waals surface area contributed by atoms with Gasteiger partial charge in [-0.3, -0.25) is 9.59 Å². The summed E-state index contributed by atoms with van der Waals surface area (Å²) in [4.78, 5) is 23.7. The summed E-state index contributed by atoms with van der Waals surface area (Å²) >= 11 is 0. The molecule has 0 aliphatic heterocycles. The minimum atomic E-state index is -0.341. The van der Waals surface area contributed by atoms with E-state index < -0.39 is 0 Å². The van der Waals surface area contributed by atoms with Crippen LogP contribution in [0.15, 0.2) is 48.5 Å². The van der Waals surface area contributed by atoms with Crippen LogP contribution in [0.5, 0.6) is 11.5 Å². The minimum Gasteiger partial charge on any atom is -0.508 e. The van der Waals surface area contributed by atoms with Crippen molar-refractivity contribution in [2.45, 2.75) is 19.8 Å². The summed E-state index contributed by atoms with van der Waals surface area (Å²) < 4.78 is 10.5. The summed E-state index contributed by atoms with van der Waals surface area (Å²) in [6.07, 6.45) is 0.771. The van der Waals surface area contributed by atoms with Crippen molar-refractivity contribution in [3.05, 3.63) is 54.1 Å². The lowest BCUT2D eigenvalue weighted by Crippen LogP contribution is -2.14. The van der Waals surface area contributed by atoms with Gasteiger partial charge < -0.3 is 19.9 Å². The molecule has 0 radical (unpaired) electrons. The van der Waals surface area contributed by atoms with Gasteiger partial charge in [-0.2, -0.15) is 0 Å². The van der Waals surface area contributed by atoms with Gasteiger partial charge in [0.25, 0.3) is 5.91 Å². The SMILES string of the molecule is CCOC(=O)CCCOc1ccccc1C(=O)Nc1cccc(O)c1. The van der Waals surface area contributed by atoms with E-state index in [1.165, 1.54) is 12.1 Å². The number of ether oxygens (including phenoxy) is 2. The number of carbonyl (C=O) groups excluding carboxylic acids is 2. The Morgan fingerprint density at radius 1 is 1.12 bits per heavy atom. The van der Waals surface area contributed by atoms with E-state index in [1.807, 2.05) is 0 Å². The van der Waals surface area contributed by atoms with Crippen molar-refractivity contribution in [3.63, 3.8) is 0 Å². The predicted octanol–water partition coefficient (Wildman–Crippen LogP) is 3.37. The van der Waals surface area contributed by atoms with Crippen LogP contribution in [-0.2, 0) is 9.53 Å². The second-order valence-corrected chi connectivity index (χ2v) is 5.26. The first-order valence-corrected chi connectivity index (χ1v) is 8.08. The molecule has 0 spiro atoms. The zero-order chi connectivity index (χ0) is 18.1. The van der Waals surface area contributed by atoms with Gasteiger partial charge in [0.2, 0.25) is 0 Å². The molecule has 0 heterocycles. The lowest BCUT2D eigenvalue weighted by molar-refractivity contribution is -0.143. The van der Waals surface area contributed by atoms with Crippen molar-refractivity contribution < 1.29 is 24.2 Å². The third kappa shape index (κ3) is 5.84. The van der Waals surface area contributed by atoms with Crippen LogP contribution < -0.4 is 10.1 Å². The lowest BCUT2D eigenvalue weighted by atomic mass is 10.1. The standard InChI is InChI=1S/C19H21NO5/c1-2-24-18(22)11-6-12-25-17-10-4-3-9-16(17)19(23)20-14-7-5-8-15(21)13-14/h3-5,7-10,13,21H,2,6,11-12H2,1H3,(H,20,23). The fraction of sp³-hybridized carbons (Fsp3) is 0.263. The first-order chi connectivity index (χ1) is 12.1. The molecule has 0 fully saturated rings. The minimum absolute atomic E-state index is 0.0706. The van der Waals surface area contributed by atoms with E-state index in [1.54, 1.807) is 43.3 Å². The van der Waals surface area contributed by atoms with E-state index in [9.17, 15) is 14.7 Å². The molecule has 2 aromatic rings. The maximum Gasteiger partial charge on any atom is 0.305 e. The van der Waals surface area contributed by atoms with Gasteiger partial charge in [0.1, 0.15) is 11.5 Å². The van der Waals surface area contributed by atoms with Gasteiger partial charge >= 0.3 is 5.97 Å². The fourth-order valence-corrected chi connectivity index (χ4v) is 2.19. The molecule has 0 bridgehead atoms. The summed E-state index contributed by atoms with van der Waals surface area (Å²) in [6, 6.07) is 13.2. The van der Waals surface area contributed by atoms with Crippen molar-refractivity contribution in [1.82, 2.24) is 0 Å². The first-order valence-electron chi connectivity index (χ1n) is 8.08. The molecule has 0 saturated carbocycles. The van der Waals surface area contributed by atoms with E-state index in [-0.39, 0.29) is 24.0 Å². The average molecular weight is 343 g/mol. The zero-order valence-electron chi connectivity index (χ0n) is 14.0. The summed E-state index contributed by atoms with van der Waals surface area (Å²) in [5.74, 6) is -0.0991. The highest BCUT2D eigenvalue weighted by Crippen LogP contribution is 2.21. The van der Waals surface area contributed by atoms with Crippen molar-refractivity contribution in [2.75, 3.05) is 18.5 Å². The number of esters is 1. The Morgan fingerprint density at radius 3 is 2.68 bits per heavy atom. The number of rotatable bonds is 8. The maximum atomic E-state index is 12.4. The van der Waals surface area contributed by atoms with Gasteiger partial charge in [0.05, 0.1) is 18.8 Å². The van der Waals surface area contributed by atoms with Crippen LogP contribution in [0.4, 0.5) is 5.69 Å². The van der Waals surface area contributed by atoms with Crippen molar-refractivity contribution >= 4 is 17.6 Å². The number of para-hydroxylation sites is 1. The van der Waals surface area contributed by atoms with E-state index >= 15 is 0 Å². The van der Waals surface area contributed by atoms with Crippen molar-refractivity contribution in [3.8, 4) is 11.5 Å². The molecule has 132 valence electrons. The normalized spacial score (nSPS) is 10.1. The van der Waals surface area contributed by atoms with Gasteiger partial charge in [0, 0.05) is 18.2 Å². The number of hydrogen-bond donors (Lipinski definition) is 2. The molecule has 0 unspecified atom stereocenters. The molecule has 0 aromatic heterocycles. The molecule has 0 saturated heterocycles. The Labute approximate surface area is 146 Å². The largest absolute Gasteiger partial charge is 0.508 e. The summed E-state index contributed by atoms with van der Waals surface area (Å²) in [7, 11) is 0. The number of phenolic OH excluding ortho intramolecular Hbond substituents is 1. The Bertz CT molecular complexity index is 729. The third-order valence-electron chi connectivity index (χ3n) is 3.32. The van der Waals surface area contributed by atoms with Gasteiger partial charge in [-0.25, -0.2) is 0 Å². The highest BCUT2D eigenvalue weighted by molar-refractivity contribution is 6.06. The monoisotopic (exact) mass is 343 g/mol. The van der Waals surface area contributed by atoms with E-state index in [0.29, 0.717) is 36.6 Å². The topological polar surface area (TPSA) is 84.9 Å². The molecule has 2 rings (SSSR count). The molecule has 2 aromatic carbocycles. The molecule has 0 aliphatic carbocycles. The molecule has 1 amide bonds. The number of amides is 1. The van der Waals surface area contributed by atoms with Crippen LogP contribution >= 0.6 is 0 Å². The first kappa shape index (κ1) is 18.3. The molecule has 6 nitrogen and oxygen atoms in total. The van der Waals surface area contributed by atoms with E-state index in [0.717, 1.165) is 0 Å². The number of phenols is 1. The average Bonchev–Trinajstić information content (AvgIpc) is 2.59. The zero-order valence-corrected chi connectivity index (χ0v) is 14.0. The number of carbonyl (C=O) groups is 2. The number of nitrogens with one attached hydrogen (secondary N) is 1. The van der Waals surface area contributed by atoms with Crippen molar-refractivity contribution in [2.24, 2.45) is 0 Å². The van der Waals surface area contributed by atoms with Crippen LogP contribution in [0.2, 0.25) is 0 Å². The van der Waals surface area contributed by atoms with Gasteiger partial charge in [-0.1, -0.05) is 18.2 Å². The van der Waals surface area contributed by atoms with Crippen LogP contribution in [0.25, 0.3) is 0 Å². The second-order valence-electron chi connectivity index (χ2n) is 5.26. The highest BCUT2D eigenvalue weighted by atomic mass is 16.5. The molecule has 0 atom stereocenters. The highest BCUT2D eigenvalue weighted by Gasteiger charge is 2.13. The molecular weight excluding hydrogens is 322 g/mol. The van der Waals surface area contributed by atoms with Gasteiger partial charge in [-0.05, 0) is 37.6 Å². The number of anilines is 1. The second kappa shape index (κ2) is 9.32. The van der Waals surface area contributed by atoms with Crippen LogP contribution in [0, 0.1) is 0 Å². The Kier molecular flexibility index (Phi) is 6.83. The van der Waals surface area contributed by atoms with Crippen molar-refractivity contribution in [1.29, 1.82) is 0 Å². The van der Waals surface area contributed by atoms with E-state index in [4.69, 9.17) is 9.47 Å². The van der Waals surface area contributed by atoms with Gasteiger partial charge in [-0.15, -0.1) is 0 Å². The summed E-state index contributed by atoms with van der Waals surface area (Å²) in [5, 5.41) is 12.2. The Hall–Kier alpha value is -3.02. The quantitative estimate of drug-likeness (QED) is 0.567. The Balaban J connectivity index is 1.95. The predicted molar refractivity (Wildman–Crippen MR) is 93.9 cm³/mol.